The van der Waals surface area contributed by atoms with Crippen LogP contribution in [0.4, 0.5) is 0 Å². The first-order valence-electron chi connectivity index (χ1n) is 4.19. The largest absolute Gasteiger partial charge is 0.320 e. The number of allylic oxidation sites excluding steroid dienone is 1. The van der Waals surface area contributed by atoms with Gasteiger partial charge in [0.05, 0.1) is 6.54 Å². The Morgan fingerprint density at radius 2 is 2.00 bits per heavy atom. The van der Waals surface area contributed by atoms with Crippen LogP contribution < -0.4 is 5.73 Å². The highest BCUT2D eigenvalue weighted by Crippen LogP contribution is 2.11. The molecular formula is C12H13N. The summed E-state index contributed by atoms with van der Waals surface area (Å²) in [6.07, 6.45) is 0. The molecule has 0 amide bonds. The Bertz CT molecular complexity index is 349. The molecular weight excluding hydrogens is 158 g/mol. The molecule has 13 heavy (non-hydrogen) atoms. The molecule has 1 aromatic carbocycles. The van der Waals surface area contributed by atoms with Gasteiger partial charge in [-0.15, -0.1) is 0 Å². The summed E-state index contributed by atoms with van der Waals surface area (Å²) < 4.78 is 0. The zero-order chi connectivity index (χ0) is 9.68. The van der Waals surface area contributed by atoms with Crippen LogP contribution in [0.3, 0.4) is 0 Å². The van der Waals surface area contributed by atoms with Gasteiger partial charge in [-0.05, 0) is 24.6 Å². The fraction of sp³-hybridized carbons (Fsp3) is 0.167. The van der Waals surface area contributed by atoms with E-state index in [0.717, 1.165) is 16.7 Å². The van der Waals surface area contributed by atoms with Gasteiger partial charge in [0.1, 0.15) is 0 Å². The molecule has 0 saturated heterocycles. The second kappa shape index (κ2) is 4.49. The number of hydrogen-bond acceptors (Lipinski definition) is 1. The maximum Gasteiger partial charge on any atom is 0.0555 e. The zero-order valence-corrected chi connectivity index (χ0v) is 7.80. The van der Waals surface area contributed by atoms with Crippen LogP contribution >= 0.6 is 0 Å². The van der Waals surface area contributed by atoms with Crippen molar-refractivity contribution >= 4 is 5.57 Å². The molecule has 1 rings (SSSR count). The Kier molecular flexibility index (Phi) is 3.31. The molecule has 0 aliphatic carbocycles. The normalized spacial score (nSPS) is 8.77. The summed E-state index contributed by atoms with van der Waals surface area (Å²) >= 11 is 0. The minimum atomic E-state index is 0.405. The van der Waals surface area contributed by atoms with Gasteiger partial charge in [0.2, 0.25) is 0 Å². The topological polar surface area (TPSA) is 26.0 Å². The lowest BCUT2D eigenvalue weighted by molar-refractivity contribution is 1.30. The fourth-order valence-electron chi connectivity index (χ4n) is 0.991. The van der Waals surface area contributed by atoms with E-state index in [0.29, 0.717) is 6.54 Å². The number of rotatable bonds is 1. The molecule has 1 aromatic rings. The summed E-state index contributed by atoms with van der Waals surface area (Å²) in [7, 11) is 0. The van der Waals surface area contributed by atoms with E-state index in [1.165, 1.54) is 0 Å². The summed E-state index contributed by atoms with van der Waals surface area (Å²) in [5.41, 5.74) is 8.48. The van der Waals surface area contributed by atoms with E-state index in [1.54, 1.807) is 0 Å². The molecule has 2 N–H and O–H groups in total. The smallest absolute Gasteiger partial charge is 0.0555 e. The predicted octanol–water partition coefficient (Wildman–Crippen LogP) is 2.03. The SMILES string of the molecule is C=C(C)c1ccc(C#CCN)cc1. The van der Waals surface area contributed by atoms with Crippen LogP contribution in [0.25, 0.3) is 5.57 Å². The van der Waals surface area contributed by atoms with Gasteiger partial charge in [-0.3, -0.25) is 0 Å². The first-order valence-corrected chi connectivity index (χ1v) is 4.19. The second-order valence-electron chi connectivity index (χ2n) is 2.86. The molecule has 0 heterocycles. The molecule has 0 radical (unpaired) electrons. The quantitative estimate of drug-likeness (QED) is 0.643. The summed E-state index contributed by atoms with van der Waals surface area (Å²) in [6, 6.07) is 7.99. The van der Waals surface area contributed by atoms with Gasteiger partial charge in [0.15, 0.2) is 0 Å². The molecule has 0 atom stereocenters. The van der Waals surface area contributed by atoms with E-state index in [9.17, 15) is 0 Å². The Morgan fingerprint density at radius 1 is 1.38 bits per heavy atom. The van der Waals surface area contributed by atoms with Crippen LogP contribution in [0.5, 0.6) is 0 Å². The van der Waals surface area contributed by atoms with E-state index in [4.69, 9.17) is 5.73 Å². The summed E-state index contributed by atoms with van der Waals surface area (Å²) in [6.45, 7) is 6.25. The van der Waals surface area contributed by atoms with Gasteiger partial charge in [0.25, 0.3) is 0 Å². The van der Waals surface area contributed by atoms with Crippen LogP contribution in [0.1, 0.15) is 18.1 Å². The minimum absolute atomic E-state index is 0.405. The zero-order valence-electron chi connectivity index (χ0n) is 7.80. The van der Waals surface area contributed by atoms with Crippen molar-refractivity contribution in [2.24, 2.45) is 5.73 Å². The van der Waals surface area contributed by atoms with Crippen molar-refractivity contribution in [1.82, 2.24) is 0 Å². The van der Waals surface area contributed by atoms with E-state index in [2.05, 4.69) is 18.4 Å². The average molecular weight is 171 g/mol. The van der Waals surface area contributed by atoms with Crippen molar-refractivity contribution in [2.75, 3.05) is 6.54 Å². The lowest BCUT2D eigenvalue weighted by Gasteiger charge is -1.98. The van der Waals surface area contributed by atoms with Gasteiger partial charge in [-0.2, -0.15) is 0 Å². The highest BCUT2D eigenvalue weighted by Gasteiger charge is 1.91. The molecule has 0 bridgehead atoms. The summed E-state index contributed by atoms with van der Waals surface area (Å²) in [5, 5.41) is 0. The molecule has 0 aliphatic heterocycles. The highest BCUT2D eigenvalue weighted by molar-refractivity contribution is 5.61. The van der Waals surface area contributed by atoms with Crippen molar-refractivity contribution in [3.05, 3.63) is 42.0 Å². The molecule has 66 valence electrons. The van der Waals surface area contributed by atoms with Crippen molar-refractivity contribution < 1.29 is 0 Å². The summed E-state index contributed by atoms with van der Waals surface area (Å²) in [4.78, 5) is 0. The van der Waals surface area contributed by atoms with Crippen LogP contribution in [-0.4, -0.2) is 6.54 Å². The van der Waals surface area contributed by atoms with Gasteiger partial charge < -0.3 is 5.73 Å². The Morgan fingerprint density at radius 3 is 2.46 bits per heavy atom. The Balaban J connectivity index is 2.87. The molecule has 0 aromatic heterocycles. The molecule has 1 nitrogen and oxygen atoms in total. The highest BCUT2D eigenvalue weighted by atomic mass is 14.5. The third-order valence-electron chi connectivity index (χ3n) is 1.71. The first-order chi connectivity index (χ1) is 6.24. The van der Waals surface area contributed by atoms with Crippen LogP contribution in [0.2, 0.25) is 0 Å². The Labute approximate surface area is 79.3 Å². The lowest BCUT2D eigenvalue weighted by atomic mass is 10.1. The second-order valence-corrected chi connectivity index (χ2v) is 2.86. The van der Waals surface area contributed by atoms with Crippen molar-refractivity contribution in [1.29, 1.82) is 0 Å². The van der Waals surface area contributed by atoms with Crippen molar-refractivity contribution in [3.8, 4) is 11.8 Å². The third-order valence-corrected chi connectivity index (χ3v) is 1.71. The average Bonchev–Trinajstić information content (AvgIpc) is 2.15. The number of nitrogens with two attached hydrogens (primary N) is 1. The number of benzene rings is 1. The van der Waals surface area contributed by atoms with E-state index in [-0.39, 0.29) is 0 Å². The predicted molar refractivity (Wildman–Crippen MR) is 57.1 cm³/mol. The van der Waals surface area contributed by atoms with Gasteiger partial charge in [-0.1, -0.05) is 36.1 Å². The van der Waals surface area contributed by atoms with E-state index < -0.39 is 0 Å². The maximum absolute atomic E-state index is 5.27. The molecule has 0 fully saturated rings. The van der Waals surface area contributed by atoms with Crippen LogP contribution in [-0.2, 0) is 0 Å². The van der Waals surface area contributed by atoms with Gasteiger partial charge in [-0.25, -0.2) is 0 Å². The standard InChI is InChI=1S/C12H13N/c1-10(2)12-7-5-11(6-8-12)4-3-9-13/h5-8H,1,9,13H2,2H3. The summed E-state index contributed by atoms with van der Waals surface area (Å²) in [5.74, 6) is 5.77. The fourth-order valence-corrected chi connectivity index (χ4v) is 0.991. The maximum atomic E-state index is 5.27. The lowest BCUT2D eigenvalue weighted by Crippen LogP contribution is -1.92. The molecule has 0 unspecified atom stereocenters. The van der Waals surface area contributed by atoms with Gasteiger partial charge >= 0.3 is 0 Å². The molecule has 0 saturated carbocycles. The first kappa shape index (κ1) is 9.57. The minimum Gasteiger partial charge on any atom is -0.320 e. The Hall–Kier alpha value is -1.52. The van der Waals surface area contributed by atoms with Gasteiger partial charge in [0, 0.05) is 5.56 Å². The third kappa shape index (κ3) is 2.77. The monoisotopic (exact) mass is 171 g/mol. The van der Waals surface area contributed by atoms with E-state index >= 15 is 0 Å². The molecule has 0 spiro atoms. The van der Waals surface area contributed by atoms with Crippen molar-refractivity contribution in [2.45, 2.75) is 6.92 Å². The van der Waals surface area contributed by atoms with Crippen LogP contribution in [0.15, 0.2) is 30.8 Å². The van der Waals surface area contributed by atoms with Crippen molar-refractivity contribution in [3.63, 3.8) is 0 Å². The van der Waals surface area contributed by atoms with Crippen LogP contribution in [0, 0.1) is 11.8 Å². The number of hydrogen-bond donors (Lipinski definition) is 1. The van der Waals surface area contributed by atoms with E-state index in [1.807, 2.05) is 31.2 Å². The molecule has 0 aliphatic rings. The molecule has 1 heteroatoms.